The molecule has 2 atom stereocenters. The fourth-order valence-electron chi connectivity index (χ4n) is 3.88. The van der Waals surface area contributed by atoms with Crippen LogP contribution < -0.4 is 5.32 Å². The molecule has 0 amide bonds. The highest BCUT2D eigenvalue weighted by molar-refractivity contribution is 8.00. The van der Waals surface area contributed by atoms with Gasteiger partial charge in [0.25, 0.3) is 0 Å². The van der Waals surface area contributed by atoms with E-state index in [4.69, 9.17) is 0 Å². The van der Waals surface area contributed by atoms with Crippen molar-refractivity contribution < 1.29 is 0 Å². The third-order valence-corrected chi connectivity index (χ3v) is 6.56. The summed E-state index contributed by atoms with van der Waals surface area (Å²) in [6.45, 7) is 8.45. The largest absolute Gasteiger partial charge is 0.311 e. The SMILES string of the molecule is CCCC1CN(CC2(SC)CCCC2)C(CC)CN1. The summed E-state index contributed by atoms with van der Waals surface area (Å²) in [7, 11) is 0. The molecule has 0 aromatic rings. The second-order valence-corrected chi connectivity index (χ2v) is 7.75. The van der Waals surface area contributed by atoms with Crippen molar-refractivity contribution in [1.82, 2.24) is 10.2 Å². The first kappa shape index (κ1) is 15.7. The van der Waals surface area contributed by atoms with Crippen molar-refractivity contribution in [1.29, 1.82) is 0 Å². The average molecular weight is 285 g/mol. The van der Waals surface area contributed by atoms with Crippen LogP contribution >= 0.6 is 11.8 Å². The van der Waals surface area contributed by atoms with E-state index >= 15 is 0 Å². The minimum absolute atomic E-state index is 0.571. The van der Waals surface area contributed by atoms with Crippen LogP contribution in [0.3, 0.4) is 0 Å². The van der Waals surface area contributed by atoms with Gasteiger partial charge in [0.15, 0.2) is 0 Å². The van der Waals surface area contributed by atoms with Gasteiger partial charge >= 0.3 is 0 Å². The van der Waals surface area contributed by atoms with Crippen LogP contribution in [0.1, 0.15) is 58.8 Å². The van der Waals surface area contributed by atoms with Gasteiger partial charge < -0.3 is 5.32 Å². The molecule has 1 aliphatic heterocycles. The molecule has 112 valence electrons. The number of nitrogens with zero attached hydrogens (tertiary/aromatic N) is 1. The number of thioether (sulfide) groups is 1. The number of nitrogens with one attached hydrogen (secondary N) is 1. The maximum absolute atomic E-state index is 3.76. The molecule has 0 aromatic carbocycles. The lowest BCUT2D eigenvalue weighted by atomic mass is 9.99. The zero-order valence-electron chi connectivity index (χ0n) is 13.1. The highest BCUT2D eigenvalue weighted by Crippen LogP contribution is 2.41. The predicted octanol–water partition coefficient (Wildman–Crippen LogP) is 3.51. The molecule has 1 heterocycles. The third kappa shape index (κ3) is 3.89. The van der Waals surface area contributed by atoms with Crippen molar-refractivity contribution in [3.63, 3.8) is 0 Å². The molecule has 2 rings (SSSR count). The summed E-state index contributed by atoms with van der Waals surface area (Å²) in [5.41, 5.74) is 0. The monoisotopic (exact) mass is 284 g/mol. The molecule has 2 fully saturated rings. The van der Waals surface area contributed by atoms with E-state index in [9.17, 15) is 0 Å². The predicted molar refractivity (Wildman–Crippen MR) is 87.1 cm³/mol. The fourth-order valence-corrected chi connectivity index (χ4v) is 4.87. The molecule has 1 saturated carbocycles. The van der Waals surface area contributed by atoms with Gasteiger partial charge in [0.05, 0.1) is 0 Å². The average Bonchev–Trinajstić information content (AvgIpc) is 2.89. The summed E-state index contributed by atoms with van der Waals surface area (Å²) in [5.74, 6) is 0. The van der Waals surface area contributed by atoms with Crippen molar-refractivity contribution in [2.45, 2.75) is 75.6 Å². The molecule has 2 unspecified atom stereocenters. The van der Waals surface area contributed by atoms with Crippen LogP contribution in [0.2, 0.25) is 0 Å². The molecule has 3 heteroatoms. The molecule has 0 spiro atoms. The first-order chi connectivity index (χ1) is 9.23. The Morgan fingerprint density at radius 3 is 2.58 bits per heavy atom. The van der Waals surface area contributed by atoms with Gasteiger partial charge in [-0.05, 0) is 31.9 Å². The van der Waals surface area contributed by atoms with Crippen molar-refractivity contribution in [2.75, 3.05) is 25.9 Å². The molecule has 19 heavy (non-hydrogen) atoms. The Morgan fingerprint density at radius 1 is 1.26 bits per heavy atom. The van der Waals surface area contributed by atoms with Gasteiger partial charge in [-0.2, -0.15) is 11.8 Å². The van der Waals surface area contributed by atoms with Gasteiger partial charge in [-0.1, -0.05) is 33.1 Å². The van der Waals surface area contributed by atoms with E-state index in [1.54, 1.807) is 0 Å². The zero-order chi connectivity index (χ0) is 13.7. The highest BCUT2D eigenvalue weighted by Gasteiger charge is 2.37. The Labute approximate surface area is 124 Å². The Balaban J connectivity index is 1.97. The summed E-state index contributed by atoms with van der Waals surface area (Å²) < 4.78 is 0.571. The quantitative estimate of drug-likeness (QED) is 0.803. The van der Waals surface area contributed by atoms with Crippen molar-refractivity contribution >= 4 is 11.8 Å². The molecule has 1 saturated heterocycles. The lowest BCUT2D eigenvalue weighted by molar-refractivity contribution is 0.111. The Bertz CT molecular complexity index is 263. The molecule has 1 N–H and O–H groups in total. The van der Waals surface area contributed by atoms with E-state index in [1.807, 2.05) is 0 Å². The van der Waals surface area contributed by atoms with Crippen LogP contribution in [0.25, 0.3) is 0 Å². The normalized spacial score (nSPS) is 31.7. The van der Waals surface area contributed by atoms with Gasteiger partial charge in [-0.15, -0.1) is 0 Å². The van der Waals surface area contributed by atoms with Crippen molar-refractivity contribution in [2.24, 2.45) is 0 Å². The summed E-state index contributed by atoms with van der Waals surface area (Å²) in [4.78, 5) is 2.82. The van der Waals surface area contributed by atoms with Gasteiger partial charge in [0, 0.05) is 36.5 Å². The van der Waals surface area contributed by atoms with Crippen LogP contribution in [0.4, 0.5) is 0 Å². The van der Waals surface area contributed by atoms with E-state index in [1.165, 1.54) is 64.6 Å². The number of hydrogen-bond acceptors (Lipinski definition) is 3. The summed E-state index contributed by atoms with van der Waals surface area (Å²) in [5, 5.41) is 3.76. The summed E-state index contributed by atoms with van der Waals surface area (Å²) in [6.07, 6.45) is 12.0. The number of piperazine rings is 1. The zero-order valence-corrected chi connectivity index (χ0v) is 13.9. The van der Waals surface area contributed by atoms with E-state index in [-0.39, 0.29) is 0 Å². The third-order valence-electron chi connectivity index (χ3n) is 5.16. The van der Waals surface area contributed by atoms with Crippen LogP contribution in [0.5, 0.6) is 0 Å². The molecule has 0 bridgehead atoms. The standard InChI is InChI=1S/C16H32N2S/c1-4-8-14-12-18(15(5-2)11-17-14)13-16(19-3)9-6-7-10-16/h14-15,17H,4-13H2,1-3H3. The fraction of sp³-hybridized carbons (Fsp3) is 1.00. The second-order valence-electron chi connectivity index (χ2n) is 6.48. The summed E-state index contributed by atoms with van der Waals surface area (Å²) in [6, 6.07) is 1.49. The smallest absolute Gasteiger partial charge is 0.0284 e. The van der Waals surface area contributed by atoms with Crippen LogP contribution in [0, 0.1) is 0 Å². The lowest BCUT2D eigenvalue weighted by Crippen LogP contribution is -2.58. The highest BCUT2D eigenvalue weighted by atomic mass is 32.2. The Kier molecular flexibility index (Phi) is 6.04. The first-order valence-electron chi connectivity index (χ1n) is 8.25. The molecular weight excluding hydrogens is 252 g/mol. The van der Waals surface area contributed by atoms with E-state index in [0.29, 0.717) is 4.75 Å². The van der Waals surface area contributed by atoms with Crippen LogP contribution in [-0.4, -0.2) is 47.6 Å². The van der Waals surface area contributed by atoms with Crippen molar-refractivity contribution in [3.8, 4) is 0 Å². The van der Waals surface area contributed by atoms with Crippen molar-refractivity contribution in [3.05, 3.63) is 0 Å². The number of rotatable bonds is 6. The number of hydrogen-bond donors (Lipinski definition) is 1. The Morgan fingerprint density at radius 2 is 2.00 bits per heavy atom. The second kappa shape index (κ2) is 7.33. The maximum atomic E-state index is 3.76. The van der Waals surface area contributed by atoms with E-state index in [0.717, 1.165) is 12.1 Å². The molecule has 2 nitrogen and oxygen atoms in total. The molecular formula is C16H32N2S. The van der Waals surface area contributed by atoms with Gasteiger partial charge in [-0.3, -0.25) is 4.90 Å². The maximum Gasteiger partial charge on any atom is 0.0284 e. The van der Waals surface area contributed by atoms with Gasteiger partial charge in [-0.25, -0.2) is 0 Å². The minimum Gasteiger partial charge on any atom is -0.311 e. The topological polar surface area (TPSA) is 15.3 Å². The lowest BCUT2D eigenvalue weighted by Gasteiger charge is -2.44. The first-order valence-corrected chi connectivity index (χ1v) is 9.48. The molecule has 0 radical (unpaired) electrons. The van der Waals surface area contributed by atoms with E-state index in [2.05, 4.69) is 42.1 Å². The van der Waals surface area contributed by atoms with E-state index < -0.39 is 0 Å². The minimum atomic E-state index is 0.571. The van der Waals surface area contributed by atoms with Crippen LogP contribution in [-0.2, 0) is 0 Å². The Hall–Kier alpha value is 0.270. The van der Waals surface area contributed by atoms with Crippen LogP contribution in [0.15, 0.2) is 0 Å². The molecule has 0 aromatic heterocycles. The summed E-state index contributed by atoms with van der Waals surface area (Å²) >= 11 is 2.14. The molecule has 1 aliphatic carbocycles. The van der Waals surface area contributed by atoms with Gasteiger partial charge in [0.2, 0.25) is 0 Å². The molecule has 2 aliphatic rings. The van der Waals surface area contributed by atoms with Gasteiger partial charge in [0.1, 0.15) is 0 Å².